The van der Waals surface area contributed by atoms with E-state index in [1.54, 1.807) is 0 Å². The Hall–Kier alpha value is -1.81. The molecule has 8 heteroatoms. The number of benzene rings is 1. The van der Waals surface area contributed by atoms with Crippen LogP contribution in [0.2, 0.25) is 0 Å². The van der Waals surface area contributed by atoms with E-state index in [9.17, 15) is 0 Å². The van der Waals surface area contributed by atoms with E-state index in [1.165, 1.54) is 5.69 Å². The maximum atomic E-state index is 5.38. The minimum Gasteiger partial charge on any atom is -0.369 e. The third-order valence-electron chi connectivity index (χ3n) is 5.34. The zero-order chi connectivity index (χ0) is 21.2. The molecule has 2 heterocycles. The second-order valence-corrected chi connectivity index (χ2v) is 8.01. The Kier molecular flexibility index (Phi) is 11.1. The van der Waals surface area contributed by atoms with Crippen LogP contribution in [0.4, 0.5) is 5.69 Å². The summed E-state index contributed by atoms with van der Waals surface area (Å²) in [5.41, 5.74) is 2.31. The van der Waals surface area contributed by atoms with Crippen molar-refractivity contribution < 1.29 is 4.52 Å². The number of nitrogens with one attached hydrogen (secondary N) is 2. The number of hydrogen-bond donors (Lipinski definition) is 2. The molecule has 1 aromatic carbocycles. The lowest BCUT2D eigenvalue weighted by atomic mass is 10.1. The quantitative estimate of drug-likeness (QED) is 0.219. The number of rotatable bonds is 9. The van der Waals surface area contributed by atoms with Crippen LogP contribution in [0.25, 0.3) is 0 Å². The molecule has 2 aromatic rings. The van der Waals surface area contributed by atoms with Crippen LogP contribution in [0.15, 0.2) is 45.9 Å². The standard InChI is InChI=1S/C23H36N6O.HI/c1-4-24-23(26-18-21-17-22(19(2)3)27-30-21)25-11-8-12-28-13-15-29(16-14-28)20-9-6-5-7-10-20;/h5-7,9-10,17,19H,4,8,11-16,18H2,1-3H3,(H2,24,25,26);1H. The number of aromatic nitrogens is 1. The van der Waals surface area contributed by atoms with Crippen molar-refractivity contribution in [2.45, 2.75) is 39.7 Å². The summed E-state index contributed by atoms with van der Waals surface area (Å²) in [5.74, 6) is 1.99. The molecule has 0 bridgehead atoms. The summed E-state index contributed by atoms with van der Waals surface area (Å²) in [5, 5.41) is 10.8. The van der Waals surface area contributed by atoms with Crippen molar-refractivity contribution in [2.24, 2.45) is 4.99 Å². The van der Waals surface area contributed by atoms with Crippen molar-refractivity contribution in [1.29, 1.82) is 0 Å². The molecule has 1 aliphatic rings. The summed E-state index contributed by atoms with van der Waals surface area (Å²) >= 11 is 0. The third kappa shape index (κ3) is 8.33. The fourth-order valence-corrected chi connectivity index (χ4v) is 3.55. The maximum Gasteiger partial charge on any atom is 0.191 e. The monoisotopic (exact) mass is 540 g/mol. The summed E-state index contributed by atoms with van der Waals surface area (Å²) in [6.07, 6.45) is 1.09. The second-order valence-electron chi connectivity index (χ2n) is 8.01. The van der Waals surface area contributed by atoms with Gasteiger partial charge in [0.1, 0.15) is 6.54 Å². The van der Waals surface area contributed by atoms with Gasteiger partial charge in [-0.05, 0) is 37.9 Å². The first-order valence-electron chi connectivity index (χ1n) is 11.2. The Morgan fingerprint density at radius 2 is 1.87 bits per heavy atom. The Morgan fingerprint density at radius 1 is 1.13 bits per heavy atom. The Bertz CT molecular complexity index is 771. The highest BCUT2D eigenvalue weighted by atomic mass is 127. The normalized spacial score (nSPS) is 15.1. The van der Waals surface area contributed by atoms with Gasteiger partial charge in [0.25, 0.3) is 0 Å². The number of halogens is 1. The fourth-order valence-electron chi connectivity index (χ4n) is 3.55. The van der Waals surface area contributed by atoms with Crippen LogP contribution in [-0.4, -0.2) is 61.8 Å². The molecule has 0 spiro atoms. The molecule has 1 aliphatic heterocycles. The summed E-state index contributed by atoms with van der Waals surface area (Å²) in [6, 6.07) is 12.7. The van der Waals surface area contributed by atoms with Gasteiger partial charge in [-0.1, -0.05) is 37.2 Å². The first-order valence-corrected chi connectivity index (χ1v) is 11.2. The van der Waals surface area contributed by atoms with Crippen molar-refractivity contribution >= 4 is 35.6 Å². The lowest BCUT2D eigenvalue weighted by Gasteiger charge is -2.36. The fraction of sp³-hybridized carbons (Fsp3) is 0.565. The lowest BCUT2D eigenvalue weighted by Crippen LogP contribution is -2.47. The van der Waals surface area contributed by atoms with Crippen LogP contribution < -0.4 is 15.5 Å². The molecular formula is C23H37IN6O. The van der Waals surface area contributed by atoms with E-state index in [0.29, 0.717) is 12.5 Å². The number of piperazine rings is 1. The van der Waals surface area contributed by atoms with E-state index >= 15 is 0 Å². The van der Waals surface area contributed by atoms with Gasteiger partial charge in [-0.3, -0.25) is 4.90 Å². The van der Waals surface area contributed by atoms with E-state index < -0.39 is 0 Å². The summed E-state index contributed by atoms with van der Waals surface area (Å²) in [6.45, 7) is 14.1. The predicted octanol–water partition coefficient (Wildman–Crippen LogP) is 3.68. The van der Waals surface area contributed by atoms with Crippen molar-refractivity contribution in [1.82, 2.24) is 20.7 Å². The molecule has 31 heavy (non-hydrogen) atoms. The van der Waals surface area contributed by atoms with Crippen LogP contribution in [-0.2, 0) is 6.54 Å². The first kappa shape index (κ1) is 25.5. The average molecular weight is 540 g/mol. The van der Waals surface area contributed by atoms with Gasteiger partial charge in [-0.2, -0.15) is 0 Å². The van der Waals surface area contributed by atoms with E-state index in [0.717, 1.165) is 69.6 Å². The third-order valence-corrected chi connectivity index (χ3v) is 5.34. The molecule has 3 rings (SSSR count). The molecule has 1 aromatic heterocycles. The summed E-state index contributed by atoms with van der Waals surface area (Å²) < 4.78 is 5.38. The lowest BCUT2D eigenvalue weighted by molar-refractivity contribution is 0.255. The molecule has 0 unspecified atom stereocenters. The van der Waals surface area contributed by atoms with Gasteiger partial charge in [0, 0.05) is 51.0 Å². The first-order chi connectivity index (χ1) is 14.7. The number of nitrogens with zero attached hydrogens (tertiary/aromatic N) is 4. The number of aliphatic imine (C=N–C) groups is 1. The topological polar surface area (TPSA) is 68.9 Å². The van der Waals surface area contributed by atoms with Crippen molar-refractivity contribution in [2.75, 3.05) is 50.7 Å². The largest absolute Gasteiger partial charge is 0.369 e. The molecule has 1 saturated heterocycles. The van der Waals surface area contributed by atoms with Crippen LogP contribution >= 0.6 is 24.0 Å². The Morgan fingerprint density at radius 3 is 2.52 bits per heavy atom. The zero-order valence-corrected chi connectivity index (χ0v) is 21.3. The Balaban J connectivity index is 0.00000341. The maximum absolute atomic E-state index is 5.38. The molecule has 2 N–H and O–H groups in total. The molecule has 0 saturated carbocycles. The number of guanidine groups is 1. The molecule has 172 valence electrons. The van der Waals surface area contributed by atoms with Crippen molar-refractivity contribution in [3.63, 3.8) is 0 Å². The van der Waals surface area contributed by atoms with E-state index in [4.69, 9.17) is 4.52 Å². The molecule has 0 aliphatic carbocycles. The van der Waals surface area contributed by atoms with Crippen molar-refractivity contribution in [3.05, 3.63) is 47.9 Å². The van der Waals surface area contributed by atoms with Crippen LogP contribution in [0.3, 0.4) is 0 Å². The van der Waals surface area contributed by atoms with Gasteiger partial charge in [-0.15, -0.1) is 24.0 Å². The number of para-hydroxylation sites is 1. The second kappa shape index (κ2) is 13.6. The van der Waals surface area contributed by atoms with Gasteiger partial charge in [0.2, 0.25) is 0 Å². The van der Waals surface area contributed by atoms with Gasteiger partial charge in [0.05, 0.1) is 5.69 Å². The molecule has 0 atom stereocenters. The summed E-state index contributed by atoms with van der Waals surface area (Å²) in [7, 11) is 0. The number of hydrogen-bond acceptors (Lipinski definition) is 5. The average Bonchev–Trinajstić information content (AvgIpc) is 3.25. The van der Waals surface area contributed by atoms with Gasteiger partial charge < -0.3 is 20.1 Å². The minimum atomic E-state index is 0. The van der Waals surface area contributed by atoms with Crippen LogP contribution in [0, 0.1) is 0 Å². The predicted molar refractivity (Wildman–Crippen MR) is 139 cm³/mol. The molecule has 0 radical (unpaired) electrons. The number of anilines is 1. The Labute approximate surface area is 203 Å². The van der Waals surface area contributed by atoms with Crippen LogP contribution in [0.5, 0.6) is 0 Å². The van der Waals surface area contributed by atoms with E-state index in [2.05, 4.69) is 81.7 Å². The van der Waals surface area contributed by atoms with Gasteiger partial charge >= 0.3 is 0 Å². The highest BCUT2D eigenvalue weighted by Crippen LogP contribution is 2.16. The molecule has 1 fully saturated rings. The minimum absolute atomic E-state index is 0. The molecule has 0 amide bonds. The molecule has 7 nitrogen and oxygen atoms in total. The summed E-state index contributed by atoms with van der Waals surface area (Å²) in [4.78, 5) is 9.64. The highest BCUT2D eigenvalue weighted by molar-refractivity contribution is 14.0. The SMILES string of the molecule is CCNC(=NCc1cc(C(C)C)no1)NCCCN1CCN(c2ccccc2)CC1.I. The highest BCUT2D eigenvalue weighted by Gasteiger charge is 2.16. The smallest absolute Gasteiger partial charge is 0.191 e. The van der Waals surface area contributed by atoms with Gasteiger partial charge in [-0.25, -0.2) is 4.99 Å². The van der Waals surface area contributed by atoms with Gasteiger partial charge in [0.15, 0.2) is 11.7 Å². The van der Waals surface area contributed by atoms with Crippen molar-refractivity contribution in [3.8, 4) is 0 Å². The van der Waals surface area contributed by atoms with E-state index in [-0.39, 0.29) is 24.0 Å². The zero-order valence-electron chi connectivity index (χ0n) is 19.0. The van der Waals surface area contributed by atoms with E-state index in [1.807, 2.05) is 6.07 Å². The van der Waals surface area contributed by atoms with Crippen LogP contribution in [0.1, 0.15) is 44.6 Å². The molecular weight excluding hydrogens is 503 g/mol.